The van der Waals surface area contributed by atoms with Gasteiger partial charge in [-0.25, -0.2) is 0 Å². The molecule has 1 heterocycles. The van der Waals surface area contributed by atoms with Crippen molar-refractivity contribution in [2.24, 2.45) is 0 Å². The van der Waals surface area contributed by atoms with Crippen LogP contribution in [0.2, 0.25) is 0 Å². The average molecular weight is 270 g/mol. The molecule has 2 N–H and O–H groups in total. The molecular weight excluding hydrogens is 244 g/mol. The predicted molar refractivity (Wildman–Crippen MR) is 74.8 cm³/mol. The van der Waals surface area contributed by atoms with Crippen molar-refractivity contribution in [2.75, 3.05) is 39.8 Å². The third-order valence-corrected chi connectivity index (χ3v) is 3.33. The lowest BCUT2D eigenvalue weighted by molar-refractivity contribution is -0.134. The molecular formula is C13H26N4O2. The Labute approximate surface area is 115 Å². The van der Waals surface area contributed by atoms with Crippen LogP contribution in [0.25, 0.3) is 0 Å². The summed E-state index contributed by atoms with van der Waals surface area (Å²) in [6.07, 6.45) is 0. The fourth-order valence-electron chi connectivity index (χ4n) is 1.97. The van der Waals surface area contributed by atoms with E-state index in [-0.39, 0.29) is 30.4 Å². The van der Waals surface area contributed by atoms with Gasteiger partial charge in [0.25, 0.3) is 0 Å². The van der Waals surface area contributed by atoms with E-state index in [1.807, 2.05) is 32.7 Å². The quantitative estimate of drug-likeness (QED) is 0.691. The minimum Gasteiger partial charge on any atom is -0.353 e. The fraction of sp³-hybridized carbons (Fsp3) is 0.846. The second-order valence-electron chi connectivity index (χ2n) is 5.39. The Kier molecular flexibility index (Phi) is 6.24. The first kappa shape index (κ1) is 15.9. The van der Waals surface area contributed by atoms with Crippen LogP contribution in [0.15, 0.2) is 0 Å². The number of hydrogen-bond donors (Lipinski definition) is 2. The van der Waals surface area contributed by atoms with Gasteiger partial charge in [0.1, 0.15) is 0 Å². The van der Waals surface area contributed by atoms with E-state index in [2.05, 4.69) is 10.6 Å². The van der Waals surface area contributed by atoms with Gasteiger partial charge in [0.05, 0.1) is 12.6 Å². The molecule has 110 valence electrons. The van der Waals surface area contributed by atoms with Gasteiger partial charge in [0.2, 0.25) is 11.8 Å². The highest BCUT2D eigenvalue weighted by atomic mass is 16.2. The number of piperazine rings is 1. The molecule has 2 amide bonds. The molecule has 0 aromatic carbocycles. The number of carbonyl (C=O) groups is 2. The molecule has 0 radical (unpaired) electrons. The molecule has 6 nitrogen and oxygen atoms in total. The molecule has 1 aliphatic heterocycles. The summed E-state index contributed by atoms with van der Waals surface area (Å²) in [5, 5.41) is 6.07. The van der Waals surface area contributed by atoms with E-state index < -0.39 is 0 Å². The maximum Gasteiger partial charge on any atom is 0.237 e. The van der Waals surface area contributed by atoms with Crippen LogP contribution in [0, 0.1) is 0 Å². The molecule has 0 bridgehead atoms. The number of nitrogens with one attached hydrogen (secondary N) is 2. The number of amides is 2. The van der Waals surface area contributed by atoms with Crippen LogP contribution in [0.4, 0.5) is 0 Å². The molecule has 0 spiro atoms. The van der Waals surface area contributed by atoms with Crippen LogP contribution in [-0.4, -0.2) is 73.5 Å². The normalized spacial score (nSPS) is 17.7. The molecule has 1 saturated heterocycles. The maximum absolute atomic E-state index is 12.1. The highest BCUT2D eigenvalue weighted by Crippen LogP contribution is 2.00. The van der Waals surface area contributed by atoms with Crippen LogP contribution in [0.5, 0.6) is 0 Å². The van der Waals surface area contributed by atoms with Crippen molar-refractivity contribution >= 4 is 11.8 Å². The SMILES string of the molecule is CC(C)NC(=O)C(C)N(C)CC(=O)N1CCNCC1. The molecule has 1 unspecified atom stereocenters. The van der Waals surface area contributed by atoms with Gasteiger partial charge in [-0.1, -0.05) is 0 Å². The van der Waals surface area contributed by atoms with E-state index in [4.69, 9.17) is 0 Å². The van der Waals surface area contributed by atoms with Crippen LogP contribution in [-0.2, 0) is 9.59 Å². The third-order valence-electron chi connectivity index (χ3n) is 3.33. The van der Waals surface area contributed by atoms with Crippen LogP contribution in [0.3, 0.4) is 0 Å². The Morgan fingerprint density at radius 1 is 1.26 bits per heavy atom. The van der Waals surface area contributed by atoms with Crippen molar-refractivity contribution in [3.8, 4) is 0 Å². The first-order valence-electron chi connectivity index (χ1n) is 6.91. The molecule has 6 heteroatoms. The average Bonchev–Trinajstić information content (AvgIpc) is 2.37. The van der Waals surface area contributed by atoms with Gasteiger partial charge in [-0.15, -0.1) is 0 Å². The van der Waals surface area contributed by atoms with Crippen LogP contribution >= 0.6 is 0 Å². The zero-order chi connectivity index (χ0) is 14.4. The second-order valence-corrected chi connectivity index (χ2v) is 5.39. The minimum absolute atomic E-state index is 0.0365. The first-order valence-corrected chi connectivity index (χ1v) is 6.91. The van der Waals surface area contributed by atoms with Crippen molar-refractivity contribution in [2.45, 2.75) is 32.9 Å². The van der Waals surface area contributed by atoms with E-state index in [1.54, 1.807) is 4.90 Å². The molecule has 1 aliphatic rings. The number of rotatable bonds is 5. The van der Waals surface area contributed by atoms with Gasteiger partial charge < -0.3 is 15.5 Å². The summed E-state index contributed by atoms with van der Waals surface area (Å²) in [6, 6.07) is -0.179. The van der Waals surface area contributed by atoms with Crippen molar-refractivity contribution in [3.63, 3.8) is 0 Å². The summed E-state index contributed by atoms with van der Waals surface area (Å²) in [7, 11) is 1.81. The lowest BCUT2D eigenvalue weighted by Crippen LogP contribution is -2.52. The van der Waals surface area contributed by atoms with E-state index in [0.29, 0.717) is 0 Å². The molecule has 0 aromatic rings. The molecule has 0 saturated carbocycles. The Morgan fingerprint density at radius 3 is 2.37 bits per heavy atom. The summed E-state index contributed by atoms with van der Waals surface area (Å²) in [5.41, 5.74) is 0. The first-order chi connectivity index (χ1) is 8.91. The number of hydrogen-bond acceptors (Lipinski definition) is 4. The Morgan fingerprint density at radius 2 is 1.84 bits per heavy atom. The summed E-state index contributed by atoms with van der Waals surface area (Å²) in [5.74, 6) is 0.0545. The summed E-state index contributed by atoms with van der Waals surface area (Å²) >= 11 is 0. The van der Waals surface area contributed by atoms with Gasteiger partial charge in [0, 0.05) is 32.2 Å². The minimum atomic E-state index is -0.297. The van der Waals surface area contributed by atoms with Crippen LogP contribution < -0.4 is 10.6 Å². The summed E-state index contributed by atoms with van der Waals surface area (Å²) in [6.45, 7) is 9.15. The van der Waals surface area contributed by atoms with Gasteiger partial charge >= 0.3 is 0 Å². The molecule has 1 atom stereocenters. The van der Waals surface area contributed by atoms with Crippen molar-refractivity contribution in [3.05, 3.63) is 0 Å². The number of nitrogens with zero attached hydrogens (tertiary/aromatic N) is 2. The fourth-order valence-corrected chi connectivity index (χ4v) is 1.97. The molecule has 0 aliphatic carbocycles. The predicted octanol–water partition coefficient (Wildman–Crippen LogP) is -0.737. The Hall–Kier alpha value is -1.14. The largest absolute Gasteiger partial charge is 0.353 e. The van der Waals surface area contributed by atoms with E-state index in [1.165, 1.54) is 0 Å². The summed E-state index contributed by atoms with van der Waals surface area (Å²) < 4.78 is 0. The second kappa shape index (κ2) is 7.45. The zero-order valence-electron chi connectivity index (χ0n) is 12.4. The van der Waals surface area contributed by atoms with E-state index in [9.17, 15) is 9.59 Å². The highest BCUT2D eigenvalue weighted by Gasteiger charge is 2.23. The lowest BCUT2D eigenvalue weighted by atomic mass is 10.2. The number of carbonyl (C=O) groups excluding carboxylic acids is 2. The molecule has 1 fully saturated rings. The van der Waals surface area contributed by atoms with Gasteiger partial charge in [0.15, 0.2) is 0 Å². The van der Waals surface area contributed by atoms with E-state index in [0.717, 1.165) is 26.2 Å². The monoisotopic (exact) mass is 270 g/mol. The highest BCUT2D eigenvalue weighted by molar-refractivity contribution is 5.83. The van der Waals surface area contributed by atoms with Crippen molar-refractivity contribution < 1.29 is 9.59 Å². The summed E-state index contributed by atoms with van der Waals surface area (Å²) in [4.78, 5) is 27.6. The zero-order valence-corrected chi connectivity index (χ0v) is 12.4. The van der Waals surface area contributed by atoms with Gasteiger partial charge in [-0.05, 0) is 27.8 Å². The Balaban J connectivity index is 2.42. The molecule has 19 heavy (non-hydrogen) atoms. The third kappa shape index (κ3) is 5.16. The maximum atomic E-state index is 12.1. The smallest absolute Gasteiger partial charge is 0.237 e. The number of likely N-dealkylation sites (N-methyl/N-ethyl adjacent to an activating group) is 1. The molecule has 1 rings (SSSR count). The van der Waals surface area contributed by atoms with E-state index >= 15 is 0 Å². The van der Waals surface area contributed by atoms with Crippen LogP contribution in [0.1, 0.15) is 20.8 Å². The lowest BCUT2D eigenvalue weighted by Gasteiger charge is -2.31. The topological polar surface area (TPSA) is 64.7 Å². The standard InChI is InChI=1S/C13H26N4O2/c1-10(2)15-13(19)11(3)16(4)9-12(18)17-7-5-14-6-8-17/h10-11,14H,5-9H2,1-4H3,(H,15,19). The van der Waals surface area contributed by atoms with Crippen molar-refractivity contribution in [1.29, 1.82) is 0 Å². The molecule has 0 aromatic heterocycles. The van der Waals surface area contributed by atoms with Crippen molar-refractivity contribution in [1.82, 2.24) is 20.4 Å². The Bertz CT molecular complexity index is 314. The van der Waals surface area contributed by atoms with Gasteiger partial charge in [-0.2, -0.15) is 0 Å². The van der Waals surface area contributed by atoms with Gasteiger partial charge in [-0.3, -0.25) is 14.5 Å².